The van der Waals surface area contributed by atoms with E-state index in [0.29, 0.717) is 11.4 Å². The molecule has 0 saturated heterocycles. The van der Waals surface area contributed by atoms with E-state index in [1.165, 1.54) is 25.3 Å². The smallest absolute Gasteiger partial charge is 0.338 e. The van der Waals surface area contributed by atoms with Crippen molar-refractivity contribution >= 4 is 23.5 Å². The van der Waals surface area contributed by atoms with Crippen LogP contribution in [-0.2, 0) is 14.3 Å². The molecule has 10 heteroatoms. The first-order chi connectivity index (χ1) is 13.6. The largest absolute Gasteiger partial charge is 0.495 e. The number of nitrogens with one attached hydrogen (secondary N) is 2. The van der Waals surface area contributed by atoms with Gasteiger partial charge in [-0.05, 0) is 18.2 Å². The van der Waals surface area contributed by atoms with Crippen LogP contribution in [0.1, 0.15) is 30.6 Å². The molecule has 0 spiro atoms. The van der Waals surface area contributed by atoms with Crippen molar-refractivity contribution in [3.05, 3.63) is 23.8 Å². The lowest BCUT2D eigenvalue weighted by molar-refractivity contribution is -0.137. The fraction of sp³-hybridized carbons (Fsp3) is 0.526. The van der Waals surface area contributed by atoms with Gasteiger partial charge in [0.2, 0.25) is 11.8 Å². The van der Waals surface area contributed by atoms with Crippen molar-refractivity contribution in [3.8, 4) is 5.75 Å². The van der Waals surface area contributed by atoms with Crippen molar-refractivity contribution in [2.45, 2.75) is 26.4 Å². The minimum absolute atomic E-state index is 0.0128. The first kappa shape index (κ1) is 24.2. The molecule has 0 saturated carbocycles. The molecule has 0 aromatic heterocycles. The number of methoxy groups -OCH3 is 1. The summed E-state index contributed by atoms with van der Waals surface area (Å²) < 4.78 is 10.1. The number of aliphatic hydroxyl groups excluding tert-OH is 2. The summed E-state index contributed by atoms with van der Waals surface area (Å²) >= 11 is 0. The molecule has 0 bridgehead atoms. The molecule has 1 aromatic rings. The number of carbonyl (C=O) groups is 3. The summed E-state index contributed by atoms with van der Waals surface area (Å²) in [6.45, 7) is 2.83. The van der Waals surface area contributed by atoms with E-state index in [1.54, 1.807) is 13.8 Å². The molecular formula is C19H29N3O7. The summed E-state index contributed by atoms with van der Waals surface area (Å²) in [4.78, 5) is 35.5. The van der Waals surface area contributed by atoms with Gasteiger partial charge in [-0.3, -0.25) is 9.59 Å². The maximum atomic E-state index is 12.0. The fourth-order valence-corrected chi connectivity index (χ4v) is 2.18. The summed E-state index contributed by atoms with van der Waals surface area (Å²) in [7, 11) is 1.44. The highest BCUT2D eigenvalue weighted by molar-refractivity contribution is 5.90. The zero-order valence-corrected chi connectivity index (χ0v) is 16.9. The predicted octanol–water partition coefficient (Wildman–Crippen LogP) is -0.564. The maximum Gasteiger partial charge on any atom is 0.338 e. The second kappa shape index (κ2) is 11.2. The Labute approximate surface area is 169 Å². The van der Waals surface area contributed by atoms with Crippen molar-refractivity contribution in [2.75, 3.05) is 39.1 Å². The van der Waals surface area contributed by atoms with Gasteiger partial charge in [0.1, 0.15) is 18.5 Å². The topological polar surface area (TPSA) is 160 Å². The Morgan fingerprint density at radius 1 is 1.21 bits per heavy atom. The number of anilines is 1. The van der Waals surface area contributed by atoms with Gasteiger partial charge in [0.15, 0.2) is 0 Å². The number of hydrogen-bond donors (Lipinski definition) is 5. The molecule has 162 valence electrons. The number of esters is 1. The van der Waals surface area contributed by atoms with Gasteiger partial charge in [-0.15, -0.1) is 0 Å². The zero-order valence-electron chi connectivity index (χ0n) is 16.9. The molecule has 0 unspecified atom stereocenters. The SMILES string of the molecule is COc1cc(C(=O)OCCNC(=O)CCNC(=O)[C@H](O)C(C)(C)CO)ccc1N. The van der Waals surface area contributed by atoms with Crippen LogP contribution in [0, 0.1) is 5.41 Å². The van der Waals surface area contributed by atoms with Crippen molar-refractivity contribution in [1.82, 2.24) is 10.6 Å². The second-order valence-corrected chi connectivity index (χ2v) is 7.03. The molecule has 6 N–H and O–H groups in total. The second-order valence-electron chi connectivity index (χ2n) is 7.03. The molecule has 2 amide bonds. The minimum Gasteiger partial charge on any atom is -0.495 e. The number of amides is 2. The Bertz CT molecular complexity index is 722. The highest BCUT2D eigenvalue weighted by Gasteiger charge is 2.32. The van der Waals surface area contributed by atoms with Gasteiger partial charge in [-0.25, -0.2) is 4.79 Å². The van der Waals surface area contributed by atoms with Gasteiger partial charge < -0.3 is 36.1 Å². The van der Waals surface area contributed by atoms with Gasteiger partial charge in [-0.1, -0.05) is 13.8 Å². The van der Waals surface area contributed by atoms with E-state index in [-0.39, 0.29) is 44.2 Å². The van der Waals surface area contributed by atoms with Gasteiger partial charge in [0.25, 0.3) is 0 Å². The molecule has 10 nitrogen and oxygen atoms in total. The molecule has 0 fully saturated rings. The van der Waals surface area contributed by atoms with Crippen LogP contribution < -0.4 is 21.1 Å². The highest BCUT2D eigenvalue weighted by atomic mass is 16.5. The summed E-state index contributed by atoms with van der Waals surface area (Å²) in [5.74, 6) is -1.23. The lowest BCUT2D eigenvalue weighted by Crippen LogP contribution is -2.46. The third-order valence-corrected chi connectivity index (χ3v) is 4.17. The summed E-state index contributed by atoms with van der Waals surface area (Å²) in [6, 6.07) is 4.50. The first-order valence-electron chi connectivity index (χ1n) is 9.06. The van der Waals surface area contributed by atoms with Crippen LogP contribution in [0.2, 0.25) is 0 Å². The molecular weight excluding hydrogens is 382 g/mol. The predicted molar refractivity (Wildman–Crippen MR) is 105 cm³/mol. The highest BCUT2D eigenvalue weighted by Crippen LogP contribution is 2.22. The Kier molecular flexibility index (Phi) is 9.36. The summed E-state index contributed by atoms with van der Waals surface area (Å²) in [6.07, 6.45) is -1.40. The molecule has 0 aliphatic rings. The summed E-state index contributed by atoms with van der Waals surface area (Å²) in [5, 5.41) is 24.0. The van der Waals surface area contributed by atoms with Gasteiger partial charge in [0.05, 0.1) is 31.5 Å². The van der Waals surface area contributed by atoms with Crippen LogP contribution in [-0.4, -0.2) is 67.5 Å². The average molecular weight is 411 g/mol. The Balaban J connectivity index is 2.27. The molecule has 1 aromatic carbocycles. The standard InChI is InChI=1S/C19H29N3O7/c1-19(2,11-23)16(25)17(26)22-7-6-15(24)21-8-9-29-18(27)12-4-5-13(20)14(10-12)28-3/h4-5,10,16,23,25H,6-9,11,20H2,1-3H3,(H,21,24)(H,22,26)/t16-/m0/s1. The minimum atomic E-state index is -1.39. The molecule has 29 heavy (non-hydrogen) atoms. The van der Waals surface area contributed by atoms with E-state index >= 15 is 0 Å². The summed E-state index contributed by atoms with van der Waals surface area (Å²) in [5.41, 5.74) is 5.37. The van der Waals surface area contributed by atoms with Crippen molar-refractivity contribution < 1.29 is 34.1 Å². The van der Waals surface area contributed by atoms with Crippen LogP contribution in [0.25, 0.3) is 0 Å². The molecule has 0 aliphatic carbocycles. The van der Waals surface area contributed by atoms with E-state index in [9.17, 15) is 19.5 Å². The van der Waals surface area contributed by atoms with Crippen LogP contribution in [0.5, 0.6) is 5.75 Å². The first-order valence-corrected chi connectivity index (χ1v) is 9.06. The molecule has 0 aliphatic heterocycles. The molecule has 0 heterocycles. The van der Waals surface area contributed by atoms with E-state index < -0.39 is 23.4 Å². The maximum absolute atomic E-state index is 12.0. The van der Waals surface area contributed by atoms with Gasteiger partial charge in [-0.2, -0.15) is 0 Å². The van der Waals surface area contributed by atoms with Crippen LogP contribution >= 0.6 is 0 Å². The van der Waals surface area contributed by atoms with E-state index in [0.717, 1.165) is 0 Å². The number of aliphatic hydroxyl groups is 2. The van der Waals surface area contributed by atoms with Crippen molar-refractivity contribution in [3.63, 3.8) is 0 Å². The number of nitrogen functional groups attached to an aromatic ring is 1. The van der Waals surface area contributed by atoms with Crippen LogP contribution in [0.15, 0.2) is 18.2 Å². The molecule has 0 radical (unpaired) electrons. The zero-order chi connectivity index (χ0) is 22.0. The van der Waals surface area contributed by atoms with E-state index in [2.05, 4.69) is 10.6 Å². The number of carbonyl (C=O) groups excluding carboxylic acids is 3. The number of nitrogens with two attached hydrogens (primary N) is 1. The Hall–Kier alpha value is -2.85. The third-order valence-electron chi connectivity index (χ3n) is 4.17. The number of ether oxygens (including phenoxy) is 2. The number of benzene rings is 1. The Morgan fingerprint density at radius 2 is 1.90 bits per heavy atom. The molecule has 1 atom stereocenters. The van der Waals surface area contributed by atoms with Gasteiger partial charge in [0, 0.05) is 18.4 Å². The lowest BCUT2D eigenvalue weighted by atomic mass is 9.87. The molecule has 1 rings (SSSR count). The Morgan fingerprint density at radius 3 is 2.52 bits per heavy atom. The fourth-order valence-electron chi connectivity index (χ4n) is 2.18. The van der Waals surface area contributed by atoms with Crippen LogP contribution in [0.3, 0.4) is 0 Å². The van der Waals surface area contributed by atoms with E-state index in [1.807, 2.05) is 0 Å². The van der Waals surface area contributed by atoms with E-state index in [4.69, 9.17) is 20.3 Å². The van der Waals surface area contributed by atoms with Crippen molar-refractivity contribution in [2.24, 2.45) is 5.41 Å². The van der Waals surface area contributed by atoms with Crippen LogP contribution in [0.4, 0.5) is 5.69 Å². The number of rotatable bonds is 11. The third kappa shape index (κ3) is 7.59. The lowest BCUT2D eigenvalue weighted by Gasteiger charge is -2.27. The number of hydrogen-bond acceptors (Lipinski definition) is 8. The quantitative estimate of drug-likeness (QED) is 0.184. The normalized spacial score (nSPS) is 12.0. The van der Waals surface area contributed by atoms with Gasteiger partial charge >= 0.3 is 5.97 Å². The van der Waals surface area contributed by atoms with Crippen molar-refractivity contribution in [1.29, 1.82) is 0 Å². The average Bonchev–Trinajstić information content (AvgIpc) is 2.70. The monoisotopic (exact) mass is 411 g/mol.